The highest BCUT2D eigenvalue weighted by Gasteiger charge is 2.14. The van der Waals surface area contributed by atoms with Crippen molar-refractivity contribution in [2.24, 2.45) is 11.8 Å². The van der Waals surface area contributed by atoms with E-state index in [1.54, 1.807) is 7.11 Å². The zero-order valence-electron chi connectivity index (χ0n) is 11.7. The van der Waals surface area contributed by atoms with E-state index in [0.29, 0.717) is 30.9 Å². The summed E-state index contributed by atoms with van der Waals surface area (Å²) in [4.78, 5) is 0. The molecule has 0 aromatic heterocycles. The van der Waals surface area contributed by atoms with Gasteiger partial charge in [-0.3, -0.25) is 0 Å². The average Bonchev–Trinajstić information content (AvgIpc) is 2.13. The smallest absolute Gasteiger partial charge is 0.0828 e. The first-order chi connectivity index (χ1) is 7.39. The molecule has 5 heteroatoms. The van der Waals surface area contributed by atoms with E-state index in [9.17, 15) is 0 Å². The molecule has 0 N–H and O–H groups in total. The third kappa shape index (κ3) is 12.7. The minimum atomic E-state index is 0. The van der Waals surface area contributed by atoms with Crippen molar-refractivity contribution in [1.82, 2.24) is 0 Å². The molecule has 0 aliphatic heterocycles. The first-order valence-electron chi connectivity index (χ1n) is 5.82. The van der Waals surface area contributed by atoms with Crippen LogP contribution in [0.3, 0.4) is 0 Å². The second-order valence-corrected chi connectivity index (χ2v) is 5.90. The Hall–Kier alpha value is 0.460. The summed E-state index contributed by atoms with van der Waals surface area (Å²) in [7, 11) is 8.29. The van der Waals surface area contributed by atoms with E-state index in [4.69, 9.17) is 21.1 Å². The number of hydrogen-bond donors (Lipinski definition) is 0. The van der Waals surface area contributed by atoms with Crippen molar-refractivity contribution < 1.29 is 26.4 Å². The number of quaternary nitrogens is 1. The number of rotatable bonds is 9. The van der Waals surface area contributed by atoms with E-state index in [-0.39, 0.29) is 12.4 Å². The Kier molecular flexibility index (Phi) is 12.1. The highest BCUT2D eigenvalue weighted by atomic mass is 35.5. The average molecular weight is 288 g/mol. The lowest BCUT2D eigenvalue weighted by molar-refractivity contribution is -0.873. The van der Waals surface area contributed by atoms with Crippen LogP contribution in [0.4, 0.5) is 0 Å². The van der Waals surface area contributed by atoms with Crippen LogP contribution < -0.4 is 12.4 Å². The lowest BCUT2D eigenvalue weighted by atomic mass is 10.1. The Balaban J connectivity index is 0. The molecule has 0 fully saturated rings. The molecular weight excluding hydrogens is 261 g/mol. The van der Waals surface area contributed by atoms with E-state index in [0.717, 1.165) is 17.6 Å². The molecule has 0 aliphatic carbocycles. The molecular formula is C12H27Cl2NO2. The molecule has 0 rings (SSSR count). The minimum Gasteiger partial charge on any atom is -1.00 e. The largest absolute Gasteiger partial charge is 1.00 e. The number of hydrogen-bond acceptors (Lipinski definition) is 2. The molecule has 0 spiro atoms. The summed E-state index contributed by atoms with van der Waals surface area (Å²) in [5.74, 6) is 1.47. The number of nitrogens with zero attached hydrogens (tertiary/aromatic N) is 1. The molecule has 3 nitrogen and oxygen atoms in total. The first-order valence-corrected chi connectivity index (χ1v) is 6.35. The van der Waals surface area contributed by atoms with Crippen LogP contribution in [0.25, 0.3) is 0 Å². The van der Waals surface area contributed by atoms with Gasteiger partial charge in [0, 0.05) is 24.8 Å². The van der Waals surface area contributed by atoms with Crippen LogP contribution in [0.5, 0.6) is 0 Å². The van der Waals surface area contributed by atoms with E-state index < -0.39 is 0 Å². The molecule has 0 saturated heterocycles. The predicted molar refractivity (Wildman–Crippen MR) is 69.0 cm³/mol. The van der Waals surface area contributed by atoms with Gasteiger partial charge in [-0.05, 0) is 0 Å². The lowest BCUT2D eigenvalue weighted by Crippen LogP contribution is -3.00. The number of alkyl halides is 1. The molecule has 0 radical (unpaired) electrons. The maximum atomic E-state index is 5.81. The minimum absolute atomic E-state index is 0. The van der Waals surface area contributed by atoms with Gasteiger partial charge in [0.15, 0.2) is 0 Å². The Morgan fingerprint density at radius 2 is 1.71 bits per heavy atom. The summed E-state index contributed by atoms with van der Waals surface area (Å²) >= 11 is 5.81. The summed E-state index contributed by atoms with van der Waals surface area (Å²) in [6.07, 6.45) is 0. The van der Waals surface area contributed by atoms with Crippen LogP contribution in [0.15, 0.2) is 0 Å². The van der Waals surface area contributed by atoms with Gasteiger partial charge in [0.25, 0.3) is 0 Å². The van der Waals surface area contributed by atoms with Gasteiger partial charge in [0.1, 0.15) is 0 Å². The normalized spacial score (nSPS) is 15.2. The molecule has 17 heavy (non-hydrogen) atoms. The molecule has 0 aromatic carbocycles. The third-order valence-corrected chi connectivity index (χ3v) is 2.67. The molecule has 0 amide bonds. The van der Waals surface area contributed by atoms with Crippen LogP contribution in [0, 0.1) is 11.8 Å². The van der Waals surface area contributed by atoms with Crippen LogP contribution in [-0.2, 0) is 9.47 Å². The lowest BCUT2D eigenvalue weighted by Gasteiger charge is -2.27. The highest BCUT2D eigenvalue weighted by Crippen LogP contribution is 2.06. The van der Waals surface area contributed by atoms with Gasteiger partial charge in [0.05, 0.1) is 47.5 Å². The summed E-state index contributed by atoms with van der Waals surface area (Å²) in [5, 5.41) is 0. The van der Waals surface area contributed by atoms with Crippen LogP contribution in [-0.4, -0.2) is 65.0 Å². The Labute approximate surface area is 117 Å². The van der Waals surface area contributed by atoms with E-state index in [2.05, 4.69) is 28.1 Å². The summed E-state index contributed by atoms with van der Waals surface area (Å²) in [5.41, 5.74) is 0. The first kappa shape index (κ1) is 19.8. The van der Waals surface area contributed by atoms with Gasteiger partial charge in [0.2, 0.25) is 0 Å². The maximum absolute atomic E-state index is 5.81. The van der Waals surface area contributed by atoms with Crippen molar-refractivity contribution in [2.45, 2.75) is 6.92 Å². The maximum Gasteiger partial charge on any atom is 0.0828 e. The van der Waals surface area contributed by atoms with Gasteiger partial charge in [-0.15, -0.1) is 11.6 Å². The van der Waals surface area contributed by atoms with Crippen LogP contribution in [0.2, 0.25) is 0 Å². The molecule has 2 unspecified atom stereocenters. The van der Waals surface area contributed by atoms with E-state index in [1.165, 1.54) is 0 Å². The Bertz CT molecular complexity index is 174. The van der Waals surface area contributed by atoms with Crippen molar-refractivity contribution in [3.63, 3.8) is 0 Å². The second-order valence-electron chi connectivity index (χ2n) is 5.59. The fourth-order valence-corrected chi connectivity index (χ4v) is 1.97. The fraction of sp³-hybridized carbons (Fsp3) is 1.00. The van der Waals surface area contributed by atoms with Crippen molar-refractivity contribution in [1.29, 1.82) is 0 Å². The van der Waals surface area contributed by atoms with Gasteiger partial charge in [-0.25, -0.2) is 0 Å². The summed E-state index contributed by atoms with van der Waals surface area (Å²) in [6, 6.07) is 0. The number of methoxy groups -OCH3 is 1. The zero-order valence-corrected chi connectivity index (χ0v) is 13.2. The zero-order chi connectivity index (χ0) is 12.6. The molecule has 0 aromatic rings. The Morgan fingerprint density at radius 3 is 2.12 bits per heavy atom. The van der Waals surface area contributed by atoms with Gasteiger partial charge in [-0.2, -0.15) is 0 Å². The number of halogens is 2. The monoisotopic (exact) mass is 287 g/mol. The Morgan fingerprint density at radius 1 is 1.12 bits per heavy atom. The van der Waals surface area contributed by atoms with Crippen LogP contribution >= 0.6 is 11.6 Å². The van der Waals surface area contributed by atoms with Crippen molar-refractivity contribution in [3.05, 3.63) is 0 Å². The van der Waals surface area contributed by atoms with Gasteiger partial charge >= 0.3 is 0 Å². The van der Waals surface area contributed by atoms with Gasteiger partial charge < -0.3 is 26.4 Å². The summed E-state index contributed by atoms with van der Waals surface area (Å²) < 4.78 is 11.7. The molecule has 0 bridgehead atoms. The quantitative estimate of drug-likeness (QED) is 0.394. The molecule has 0 saturated carbocycles. The fourth-order valence-electron chi connectivity index (χ4n) is 1.80. The second kappa shape index (κ2) is 10.4. The molecule has 106 valence electrons. The van der Waals surface area contributed by atoms with Gasteiger partial charge in [-0.1, -0.05) is 6.92 Å². The molecule has 0 heterocycles. The van der Waals surface area contributed by atoms with Crippen molar-refractivity contribution in [3.8, 4) is 0 Å². The van der Waals surface area contributed by atoms with Crippen molar-refractivity contribution >= 4 is 11.6 Å². The van der Waals surface area contributed by atoms with Crippen LogP contribution in [0.1, 0.15) is 6.92 Å². The topological polar surface area (TPSA) is 18.5 Å². The third-order valence-electron chi connectivity index (χ3n) is 2.24. The van der Waals surface area contributed by atoms with Crippen molar-refractivity contribution in [2.75, 3.05) is 60.5 Å². The molecule has 2 atom stereocenters. The molecule has 0 aliphatic rings. The van der Waals surface area contributed by atoms with E-state index in [1.807, 2.05) is 0 Å². The summed E-state index contributed by atoms with van der Waals surface area (Å²) in [6.45, 7) is 5.50. The number of ether oxygens (including phenoxy) is 2. The van der Waals surface area contributed by atoms with E-state index >= 15 is 0 Å². The predicted octanol–water partition coefficient (Wildman–Crippen LogP) is -1.15. The standard InChI is InChI=1S/C12H27ClNO2.ClH/c1-11(7-14(2,3)4)8-16-10-12(6-13)9-15-5;/h11-12H,6-10H2,1-5H3;1H/q+1;/p-1. The highest BCUT2D eigenvalue weighted by molar-refractivity contribution is 6.18. The SMILES string of the molecule is COCC(CCl)COCC(C)C[N+](C)(C)C.[Cl-].